The predicted molar refractivity (Wildman–Crippen MR) is 99.9 cm³/mol. The van der Waals surface area contributed by atoms with E-state index in [1.807, 2.05) is 30.9 Å². The lowest BCUT2D eigenvalue weighted by atomic mass is 10.1. The van der Waals surface area contributed by atoms with E-state index in [1.54, 1.807) is 11.3 Å². The molecule has 4 rings (SSSR count). The molecule has 0 aromatic carbocycles. The van der Waals surface area contributed by atoms with Crippen LogP contribution in [-0.2, 0) is 0 Å². The highest BCUT2D eigenvalue weighted by molar-refractivity contribution is 7.99. The summed E-state index contributed by atoms with van der Waals surface area (Å²) in [7, 11) is 0. The van der Waals surface area contributed by atoms with Gasteiger partial charge in [-0.1, -0.05) is 5.16 Å². The largest absolute Gasteiger partial charge is 0.356 e. The predicted octanol–water partition coefficient (Wildman–Crippen LogP) is 4.03. The summed E-state index contributed by atoms with van der Waals surface area (Å²) >= 11 is 3.72. The van der Waals surface area contributed by atoms with Crippen LogP contribution in [0.2, 0.25) is 0 Å². The van der Waals surface area contributed by atoms with E-state index in [4.69, 9.17) is 9.51 Å². The maximum absolute atomic E-state index is 5.46. The van der Waals surface area contributed by atoms with Gasteiger partial charge in [0.15, 0.2) is 5.76 Å². The molecule has 24 heavy (non-hydrogen) atoms. The summed E-state index contributed by atoms with van der Waals surface area (Å²) in [6.07, 6.45) is 1.87. The number of hydrogen-bond acceptors (Lipinski definition) is 7. The highest BCUT2D eigenvalue weighted by Gasteiger charge is 2.20. The van der Waals surface area contributed by atoms with Crippen molar-refractivity contribution in [2.24, 2.45) is 0 Å². The minimum Gasteiger partial charge on any atom is -0.356 e. The molecular weight excluding hydrogens is 340 g/mol. The van der Waals surface area contributed by atoms with Crippen LogP contribution < -0.4 is 4.90 Å². The minimum absolute atomic E-state index is 0.717. The summed E-state index contributed by atoms with van der Waals surface area (Å²) in [6, 6.07) is 6.17. The Labute approximate surface area is 149 Å². The number of thioether (sulfide) groups is 1. The summed E-state index contributed by atoms with van der Waals surface area (Å²) < 4.78 is 5.46. The van der Waals surface area contributed by atoms with E-state index in [-0.39, 0.29) is 0 Å². The monoisotopic (exact) mass is 358 g/mol. The quantitative estimate of drug-likeness (QED) is 0.704. The first kappa shape index (κ1) is 15.7. The van der Waals surface area contributed by atoms with E-state index in [0.717, 1.165) is 52.4 Å². The Hall–Kier alpha value is -1.86. The normalized spacial score (nSPS) is 15.0. The van der Waals surface area contributed by atoms with Gasteiger partial charge in [0.25, 0.3) is 0 Å². The first-order valence-corrected chi connectivity index (χ1v) is 9.88. The molecule has 4 heterocycles. The first-order valence-electron chi connectivity index (χ1n) is 7.91. The van der Waals surface area contributed by atoms with Crippen LogP contribution in [-0.4, -0.2) is 39.7 Å². The zero-order valence-electron chi connectivity index (χ0n) is 13.7. The second kappa shape index (κ2) is 6.57. The van der Waals surface area contributed by atoms with Gasteiger partial charge in [-0.3, -0.25) is 0 Å². The summed E-state index contributed by atoms with van der Waals surface area (Å²) in [6.45, 7) is 6.02. The van der Waals surface area contributed by atoms with Crippen LogP contribution in [0.3, 0.4) is 0 Å². The number of anilines is 1. The molecule has 0 radical (unpaired) electrons. The Morgan fingerprint density at radius 2 is 2.00 bits per heavy atom. The number of thiophene rings is 1. The molecule has 3 aromatic rings. The SMILES string of the molecule is Cc1cc(-c2cnc(N3CCSCC3)nc2-c2ccc(C)s2)on1. The highest BCUT2D eigenvalue weighted by atomic mass is 32.2. The average molecular weight is 358 g/mol. The van der Waals surface area contributed by atoms with Gasteiger partial charge in [-0.25, -0.2) is 9.97 Å². The van der Waals surface area contributed by atoms with E-state index in [1.165, 1.54) is 4.88 Å². The van der Waals surface area contributed by atoms with Gasteiger partial charge in [-0.2, -0.15) is 11.8 Å². The maximum atomic E-state index is 5.46. The van der Waals surface area contributed by atoms with Gasteiger partial charge in [0.2, 0.25) is 5.95 Å². The first-order chi connectivity index (χ1) is 11.7. The molecule has 0 N–H and O–H groups in total. The van der Waals surface area contributed by atoms with E-state index >= 15 is 0 Å². The van der Waals surface area contributed by atoms with Crippen molar-refractivity contribution in [3.63, 3.8) is 0 Å². The fraction of sp³-hybridized carbons (Fsp3) is 0.353. The molecule has 3 aromatic heterocycles. The van der Waals surface area contributed by atoms with Gasteiger partial charge < -0.3 is 9.42 Å². The Morgan fingerprint density at radius 1 is 1.17 bits per heavy atom. The number of rotatable bonds is 3. The zero-order valence-corrected chi connectivity index (χ0v) is 15.3. The molecule has 0 bridgehead atoms. The number of aryl methyl sites for hydroxylation is 2. The maximum Gasteiger partial charge on any atom is 0.225 e. The summed E-state index contributed by atoms with van der Waals surface area (Å²) in [5.74, 6) is 3.77. The van der Waals surface area contributed by atoms with Crippen LogP contribution in [0.25, 0.3) is 21.9 Å². The molecule has 7 heteroatoms. The Bertz CT molecular complexity index is 852. The second-order valence-corrected chi connectivity index (χ2v) is 8.29. The van der Waals surface area contributed by atoms with E-state index < -0.39 is 0 Å². The molecule has 1 aliphatic rings. The van der Waals surface area contributed by atoms with Crippen molar-refractivity contribution in [2.75, 3.05) is 29.5 Å². The van der Waals surface area contributed by atoms with Crippen molar-refractivity contribution in [3.8, 4) is 21.9 Å². The van der Waals surface area contributed by atoms with Crippen LogP contribution in [0.1, 0.15) is 10.6 Å². The van der Waals surface area contributed by atoms with Crippen LogP contribution in [0.4, 0.5) is 5.95 Å². The van der Waals surface area contributed by atoms with Crippen molar-refractivity contribution < 1.29 is 4.52 Å². The Balaban J connectivity index is 1.81. The lowest BCUT2D eigenvalue weighted by Gasteiger charge is -2.26. The number of nitrogens with zero attached hydrogens (tertiary/aromatic N) is 4. The van der Waals surface area contributed by atoms with Crippen molar-refractivity contribution in [2.45, 2.75) is 13.8 Å². The lowest BCUT2D eigenvalue weighted by Crippen LogP contribution is -2.33. The van der Waals surface area contributed by atoms with Gasteiger partial charge in [0.1, 0.15) is 0 Å². The molecule has 0 spiro atoms. The molecule has 0 atom stereocenters. The molecule has 1 aliphatic heterocycles. The molecule has 0 aliphatic carbocycles. The smallest absolute Gasteiger partial charge is 0.225 e. The molecule has 0 unspecified atom stereocenters. The van der Waals surface area contributed by atoms with Gasteiger partial charge in [-0.15, -0.1) is 11.3 Å². The number of aromatic nitrogens is 3. The Kier molecular flexibility index (Phi) is 4.28. The van der Waals surface area contributed by atoms with Crippen LogP contribution in [0.5, 0.6) is 0 Å². The molecule has 1 saturated heterocycles. The third-order valence-corrected chi connectivity index (χ3v) is 5.89. The van der Waals surface area contributed by atoms with Gasteiger partial charge in [0.05, 0.1) is 21.8 Å². The van der Waals surface area contributed by atoms with E-state index in [0.29, 0.717) is 5.76 Å². The van der Waals surface area contributed by atoms with Crippen molar-refractivity contribution in [3.05, 3.63) is 35.0 Å². The highest BCUT2D eigenvalue weighted by Crippen LogP contribution is 2.35. The van der Waals surface area contributed by atoms with Gasteiger partial charge >= 0.3 is 0 Å². The lowest BCUT2D eigenvalue weighted by molar-refractivity contribution is 0.427. The molecule has 1 fully saturated rings. The van der Waals surface area contributed by atoms with E-state index in [2.05, 4.69) is 34.1 Å². The second-order valence-electron chi connectivity index (χ2n) is 5.77. The van der Waals surface area contributed by atoms with Crippen LogP contribution in [0.15, 0.2) is 28.9 Å². The summed E-state index contributed by atoms with van der Waals surface area (Å²) in [5, 5.41) is 4.00. The zero-order chi connectivity index (χ0) is 16.5. The van der Waals surface area contributed by atoms with Gasteiger partial charge in [0, 0.05) is 41.7 Å². The molecule has 0 amide bonds. The van der Waals surface area contributed by atoms with Crippen LogP contribution in [0, 0.1) is 13.8 Å². The summed E-state index contributed by atoms with van der Waals surface area (Å²) in [4.78, 5) is 14.2. The summed E-state index contributed by atoms with van der Waals surface area (Å²) in [5.41, 5.74) is 2.68. The molecular formula is C17H18N4OS2. The van der Waals surface area contributed by atoms with Crippen molar-refractivity contribution in [1.82, 2.24) is 15.1 Å². The minimum atomic E-state index is 0.717. The molecule has 5 nitrogen and oxygen atoms in total. The Morgan fingerprint density at radius 3 is 2.67 bits per heavy atom. The third-order valence-electron chi connectivity index (χ3n) is 3.94. The topological polar surface area (TPSA) is 55.1 Å². The standard InChI is InChI=1S/C17H18N4OS2/c1-11-9-14(22-20-11)13-10-18-17(21-5-7-23-8-6-21)19-16(13)15-4-3-12(2)24-15/h3-4,9-10H,5-8H2,1-2H3. The molecule has 0 saturated carbocycles. The fourth-order valence-electron chi connectivity index (χ4n) is 2.71. The number of hydrogen-bond donors (Lipinski definition) is 0. The van der Waals surface area contributed by atoms with Crippen molar-refractivity contribution >= 4 is 29.0 Å². The molecule has 124 valence electrons. The van der Waals surface area contributed by atoms with Crippen molar-refractivity contribution in [1.29, 1.82) is 0 Å². The van der Waals surface area contributed by atoms with Gasteiger partial charge in [-0.05, 0) is 26.0 Å². The van der Waals surface area contributed by atoms with E-state index in [9.17, 15) is 0 Å². The van der Waals surface area contributed by atoms with Crippen LogP contribution >= 0.6 is 23.1 Å². The fourth-order valence-corrected chi connectivity index (χ4v) is 4.48. The average Bonchev–Trinajstić information content (AvgIpc) is 3.24. The third kappa shape index (κ3) is 3.06.